The van der Waals surface area contributed by atoms with E-state index in [1.165, 1.54) is 11.4 Å². The van der Waals surface area contributed by atoms with Gasteiger partial charge in [-0.3, -0.25) is 4.79 Å². The molecule has 0 aromatic heterocycles. The molecule has 1 saturated heterocycles. The number of carbonyl (C=O) groups is 1. The highest BCUT2D eigenvalue weighted by Crippen LogP contribution is 2.18. The van der Waals surface area contributed by atoms with Gasteiger partial charge in [0.05, 0.1) is 26.1 Å². The lowest BCUT2D eigenvalue weighted by Gasteiger charge is -2.33. The fraction of sp³-hybridized carbons (Fsp3) is 0.909. The lowest BCUT2D eigenvalue weighted by Crippen LogP contribution is -2.53. The maximum Gasteiger partial charge on any atom is 0.326 e. The van der Waals surface area contributed by atoms with E-state index in [0.29, 0.717) is 12.7 Å². The summed E-state index contributed by atoms with van der Waals surface area (Å²) in [5, 5.41) is 0. The van der Waals surface area contributed by atoms with E-state index < -0.39 is 30.1 Å². The zero-order valence-corrected chi connectivity index (χ0v) is 13.8. The Hall–Kier alpha value is -0.443. The van der Waals surface area contributed by atoms with Crippen molar-refractivity contribution < 1.29 is 22.7 Å². The number of nitrogens with zero attached hydrogens (tertiary/aromatic N) is 1. The first-order valence-electron chi connectivity index (χ1n) is 6.32. The van der Waals surface area contributed by atoms with Crippen LogP contribution >= 0.6 is 0 Å². The van der Waals surface area contributed by atoms with E-state index >= 15 is 0 Å². The van der Waals surface area contributed by atoms with Crippen molar-refractivity contribution in [1.82, 2.24) is 4.31 Å². The van der Waals surface area contributed by atoms with Crippen LogP contribution in [0, 0.1) is 0 Å². The van der Waals surface area contributed by atoms with Crippen LogP contribution in [-0.4, -0.2) is 65.4 Å². The summed E-state index contributed by atoms with van der Waals surface area (Å²) in [5.74, 6) is -0.466. The summed E-state index contributed by atoms with van der Waals surface area (Å²) in [4.78, 5) is 11.6. The fourth-order valence-electron chi connectivity index (χ4n) is 1.80. The highest BCUT2D eigenvalue weighted by molar-refractivity contribution is 7.89. The molecule has 19 heavy (non-hydrogen) atoms. The smallest absolute Gasteiger partial charge is 0.326 e. The normalized spacial score (nSPS) is 22.2. The number of carbonyl (C=O) groups excluding carboxylic acids is 1. The third-order valence-electron chi connectivity index (χ3n) is 3.02. The van der Waals surface area contributed by atoms with Gasteiger partial charge >= 0.3 is 5.97 Å². The Morgan fingerprint density at radius 1 is 1.42 bits per heavy atom. The van der Waals surface area contributed by atoms with Gasteiger partial charge in [-0.2, -0.15) is 4.31 Å². The lowest BCUT2D eigenvalue weighted by molar-refractivity contribution is -0.149. The van der Waals surface area contributed by atoms with Crippen molar-refractivity contribution in [3.63, 3.8) is 0 Å². The highest BCUT2D eigenvalue weighted by atomic mass is 32.2. The molecule has 0 aromatic carbocycles. The van der Waals surface area contributed by atoms with Gasteiger partial charge in [0.1, 0.15) is 6.04 Å². The monoisotopic (exact) mass is 309 g/mol. The van der Waals surface area contributed by atoms with E-state index in [9.17, 15) is 13.2 Å². The Balaban J connectivity index is 2.81. The van der Waals surface area contributed by atoms with Crippen molar-refractivity contribution in [1.29, 1.82) is 0 Å². The number of morpholine rings is 1. The number of hydrogen-bond donors (Lipinski definition) is 0. The summed E-state index contributed by atoms with van der Waals surface area (Å²) in [5.41, 5.74) is 0. The Kier molecular flexibility index (Phi) is 5.54. The molecule has 1 atom stereocenters. The van der Waals surface area contributed by atoms with Gasteiger partial charge < -0.3 is 9.47 Å². The summed E-state index contributed by atoms with van der Waals surface area (Å²) < 4.78 is 35.8. The molecule has 1 aliphatic rings. The largest absolute Gasteiger partial charge is 0.468 e. The minimum absolute atomic E-state index is 0.0683. The molecule has 0 amide bonds. The van der Waals surface area contributed by atoms with Gasteiger partial charge in [0.2, 0.25) is 10.0 Å². The van der Waals surface area contributed by atoms with Crippen molar-refractivity contribution in [3.8, 4) is 0 Å². The van der Waals surface area contributed by atoms with Crippen molar-refractivity contribution in [2.45, 2.75) is 31.7 Å². The molecule has 0 radical (unpaired) electrons. The molecule has 6 nitrogen and oxygen atoms in total. The van der Waals surface area contributed by atoms with E-state index in [2.05, 4.69) is 24.4 Å². The average molecular weight is 309 g/mol. The average Bonchev–Trinajstić information content (AvgIpc) is 2.35. The highest BCUT2D eigenvalue weighted by Gasteiger charge is 2.38. The first-order chi connectivity index (χ1) is 8.67. The van der Waals surface area contributed by atoms with Gasteiger partial charge in [0, 0.05) is 14.6 Å². The van der Waals surface area contributed by atoms with Gasteiger partial charge in [-0.05, 0) is 6.04 Å². The van der Waals surface area contributed by atoms with E-state index in [0.717, 1.165) is 0 Å². The van der Waals surface area contributed by atoms with Crippen LogP contribution in [0.3, 0.4) is 0 Å². The van der Waals surface area contributed by atoms with E-state index in [-0.39, 0.29) is 18.9 Å². The molecule has 112 valence electrons. The van der Waals surface area contributed by atoms with Gasteiger partial charge in [-0.25, -0.2) is 8.42 Å². The number of hydrogen-bond acceptors (Lipinski definition) is 5. The summed E-state index contributed by atoms with van der Waals surface area (Å²) in [7, 11) is -3.62. The van der Waals surface area contributed by atoms with Crippen molar-refractivity contribution >= 4 is 24.1 Å². The predicted octanol–water partition coefficient (Wildman–Crippen LogP) is 0.528. The summed E-state index contributed by atoms with van der Waals surface area (Å²) in [6.07, 6.45) is 0. The molecule has 0 saturated carbocycles. The third-order valence-corrected chi connectivity index (χ3v) is 7.00. The maximum absolute atomic E-state index is 12.3. The molecule has 1 rings (SSSR count). The number of ether oxygens (including phenoxy) is 2. The number of sulfonamides is 1. The molecule has 0 bridgehead atoms. The Labute approximate surface area is 116 Å². The molecule has 1 heterocycles. The summed E-state index contributed by atoms with van der Waals surface area (Å²) >= 11 is 0. The maximum atomic E-state index is 12.3. The van der Waals surface area contributed by atoms with Crippen LogP contribution in [0.1, 0.15) is 0 Å². The topological polar surface area (TPSA) is 72.9 Å². The van der Waals surface area contributed by atoms with Crippen LogP contribution in [0.2, 0.25) is 25.7 Å². The number of methoxy groups -OCH3 is 1. The first-order valence-corrected chi connectivity index (χ1v) is 11.6. The van der Waals surface area contributed by atoms with Gasteiger partial charge in [-0.1, -0.05) is 19.6 Å². The second kappa shape index (κ2) is 6.34. The molecule has 8 heteroatoms. The standard InChI is InChI=1S/C11H23NO5SSi/c1-16-11(13)10-9-17-6-5-12(10)18(14,15)7-8-19(2,3)4/h10H,5-9H2,1-4H3/t10-/m0/s1. The van der Waals surface area contributed by atoms with Crippen LogP contribution in [0.4, 0.5) is 0 Å². The molecular formula is C11H23NO5SSi. The summed E-state index contributed by atoms with van der Waals surface area (Å²) in [6.45, 7) is 6.98. The predicted molar refractivity (Wildman–Crippen MR) is 75.3 cm³/mol. The van der Waals surface area contributed by atoms with E-state index in [4.69, 9.17) is 4.74 Å². The van der Waals surface area contributed by atoms with Crippen LogP contribution in [0.5, 0.6) is 0 Å². The van der Waals surface area contributed by atoms with Crippen LogP contribution in [0.25, 0.3) is 0 Å². The Morgan fingerprint density at radius 2 is 2.05 bits per heavy atom. The SMILES string of the molecule is COC(=O)[C@@H]1COCCN1S(=O)(=O)CC[Si](C)(C)C. The molecule has 0 aliphatic carbocycles. The number of esters is 1. The van der Waals surface area contributed by atoms with Gasteiger partial charge in [0.25, 0.3) is 0 Å². The minimum atomic E-state index is -3.43. The molecule has 0 spiro atoms. The van der Waals surface area contributed by atoms with Gasteiger partial charge in [0.15, 0.2) is 0 Å². The molecular weight excluding hydrogens is 286 g/mol. The number of rotatable bonds is 5. The van der Waals surface area contributed by atoms with Crippen LogP contribution in [-0.2, 0) is 24.3 Å². The van der Waals surface area contributed by atoms with Crippen LogP contribution < -0.4 is 0 Å². The van der Waals surface area contributed by atoms with E-state index in [1.54, 1.807) is 0 Å². The zero-order valence-electron chi connectivity index (χ0n) is 12.0. The quantitative estimate of drug-likeness (QED) is 0.547. The van der Waals surface area contributed by atoms with Gasteiger partial charge in [-0.15, -0.1) is 0 Å². The fourth-order valence-corrected chi connectivity index (χ4v) is 6.40. The molecule has 0 aromatic rings. The van der Waals surface area contributed by atoms with Crippen LogP contribution in [0.15, 0.2) is 0 Å². The molecule has 1 fully saturated rings. The zero-order chi connectivity index (χ0) is 14.7. The second-order valence-electron chi connectivity index (χ2n) is 5.85. The molecule has 1 aliphatic heterocycles. The lowest BCUT2D eigenvalue weighted by atomic mass is 10.3. The van der Waals surface area contributed by atoms with Crippen molar-refractivity contribution in [2.24, 2.45) is 0 Å². The minimum Gasteiger partial charge on any atom is -0.468 e. The van der Waals surface area contributed by atoms with Crippen molar-refractivity contribution in [3.05, 3.63) is 0 Å². The third kappa shape index (κ3) is 4.86. The van der Waals surface area contributed by atoms with Crippen molar-refractivity contribution in [2.75, 3.05) is 32.6 Å². The van der Waals surface area contributed by atoms with E-state index in [1.807, 2.05) is 0 Å². The second-order valence-corrected chi connectivity index (χ2v) is 13.5. The summed E-state index contributed by atoms with van der Waals surface area (Å²) in [6, 6.07) is -0.161. The molecule has 0 N–H and O–H groups in total. The first kappa shape index (κ1) is 16.6. The Morgan fingerprint density at radius 3 is 2.58 bits per heavy atom. The Bertz CT molecular complexity index is 417. The molecule has 0 unspecified atom stereocenters.